The lowest BCUT2D eigenvalue weighted by molar-refractivity contribution is 0.0893. The minimum Gasteiger partial charge on any atom is -0.507 e. The van der Waals surface area contributed by atoms with Crippen LogP contribution in [0.25, 0.3) is 16.9 Å². The zero-order chi connectivity index (χ0) is 20.0. The average molecular weight is 395 g/mol. The number of anilines is 1. The highest BCUT2D eigenvalue weighted by molar-refractivity contribution is 5.68. The number of nitrogens with zero attached hydrogens (tertiary/aromatic N) is 7. The van der Waals surface area contributed by atoms with Crippen LogP contribution < -0.4 is 4.90 Å². The zero-order valence-electron chi connectivity index (χ0n) is 16.2. The molecule has 150 valence electrons. The van der Waals surface area contributed by atoms with Crippen molar-refractivity contribution < 1.29 is 9.50 Å². The van der Waals surface area contributed by atoms with E-state index in [2.05, 4.69) is 37.1 Å². The molecule has 5 rings (SSSR count). The molecule has 1 spiro atoms. The number of halogens is 1. The molecule has 2 aliphatic rings. The summed E-state index contributed by atoms with van der Waals surface area (Å²) >= 11 is 0. The van der Waals surface area contributed by atoms with E-state index in [-0.39, 0.29) is 5.75 Å². The minimum absolute atomic E-state index is 0.0106. The van der Waals surface area contributed by atoms with Gasteiger partial charge in [0.15, 0.2) is 5.82 Å². The first-order chi connectivity index (χ1) is 14.0. The molecular formula is C20H22FN7O. The third-order valence-electron chi connectivity index (χ3n) is 6.01. The second kappa shape index (κ2) is 6.77. The van der Waals surface area contributed by atoms with Gasteiger partial charge in [0.2, 0.25) is 5.95 Å². The Morgan fingerprint density at radius 2 is 1.90 bits per heavy atom. The standard InChI is InChI=1S/C20H22FN7O/c1-26-6-4-20(5-7-26)12-27(13-20)19-22-10-17(24-25-19)16-3-2-15(8-18(16)29)28-11-14(21)9-23-28/h2-3,8-11,29H,4-7,12-13H2,1H3. The molecule has 0 atom stereocenters. The lowest BCUT2D eigenvalue weighted by Crippen LogP contribution is -2.60. The minimum atomic E-state index is -0.438. The van der Waals surface area contributed by atoms with E-state index < -0.39 is 5.82 Å². The van der Waals surface area contributed by atoms with Gasteiger partial charge in [-0.2, -0.15) is 5.10 Å². The summed E-state index contributed by atoms with van der Waals surface area (Å²) in [6, 6.07) is 4.94. The molecule has 0 aliphatic carbocycles. The van der Waals surface area contributed by atoms with E-state index in [1.807, 2.05) is 0 Å². The number of rotatable bonds is 3. The zero-order valence-corrected chi connectivity index (χ0v) is 16.2. The summed E-state index contributed by atoms with van der Waals surface area (Å²) in [5.41, 5.74) is 1.95. The van der Waals surface area contributed by atoms with Crippen LogP contribution in [-0.2, 0) is 0 Å². The summed E-state index contributed by atoms with van der Waals surface area (Å²) < 4.78 is 14.5. The molecule has 2 fully saturated rings. The van der Waals surface area contributed by atoms with E-state index in [0.29, 0.717) is 28.3 Å². The van der Waals surface area contributed by atoms with Gasteiger partial charge in [-0.05, 0) is 45.1 Å². The molecule has 3 aromatic rings. The van der Waals surface area contributed by atoms with Crippen molar-refractivity contribution in [2.75, 3.05) is 38.1 Å². The highest BCUT2D eigenvalue weighted by Crippen LogP contribution is 2.41. The molecule has 0 saturated carbocycles. The van der Waals surface area contributed by atoms with Gasteiger partial charge < -0.3 is 14.9 Å². The van der Waals surface area contributed by atoms with Gasteiger partial charge in [0, 0.05) is 30.1 Å². The summed E-state index contributed by atoms with van der Waals surface area (Å²) in [5.74, 6) is 0.199. The van der Waals surface area contributed by atoms with Gasteiger partial charge in [0.1, 0.15) is 11.4 Å². The summed E-state index contributed by atoms with van der Waals surface area (Å²) in [6.45, 7) is 4.24. The topological polar surface area (TPSA) is 83.2 Å². The maximum Gasteiger partial charge on any atom is 0.245 e. The summed E-state index contributed by atoms with van der Waals surface area (Å²) in [7, 11) is 2.17. The number of aromatic nitrogens is 5. The van der Waals surface area contributed by atoms with E-state index >= 15 is 0 Å². The first-order valence-corrected chi connectivity index (χ1v) is 9.69. The molecular weight excluding hydrogens is 373 g/mol. The Bertz CT molecular complexity index is 1020. The van der Waals surface area contributed by atoms with Crippen LogP contribution in [0.1, 0.15) is 12.8 Å². The van der Waals surface area contributed by atoms with Gasteiger partial charge >= 0.3 is 0 Å². The van der Waals surface area contributed by atoms with Crippen LogP contribution in [0, 0.1) is 11.2 Å². The molecule has 0 unspecified atom stereocenters. The van der Waals surface area contributed by atoms with E-state index in [1.165, 1.54) is 29.8 Å². The number of likely N-dealkylation sites (tertiary alicyclic amines) is 1. The van der Waals surface area contributed by atoms with Crippen molar-refractivity contribution in [3.8, 4) is 22.7 Å². The fourth-order valence-corrected chi connectivity index (χ4v) is 4.17. The third kappa shape index (κ3) is 3.31. The Morgan fingerprint density at radius 1 is 1.10 bits per heavy atom. The van der Waals surface area contributed by atoms with Gasteiger partial charge in [0.25, 0.3) is 0 Å². The van der Waals surface area contributed by atoms with Crippen molar-refractivity contribution in [3.63, 3.8) is 0 Å². The van der Waals surface area contributed by atoms with Crippen molar-refractivity contribution in [1.29, 1.82) is 0 Å². The molecule has 2 aromatic heterocycles. The van der Waals surface area contributed by atoms with Crippen LogP contribution in [0.5, 0.6) is 5.75 Å². The molecule has 2 saturated heterocycles. The molecule has 1 N–H and O–H groups in total. The number of hydrogen-bond donors (Lipinski definition) is 1. The van der Waals surface area contributed by atoms with E-state index in [0.717, 1.165) is 32.4 Å². The molecule has 2 aliphatic heterocycles. The van der Waals surface area contributed by atoms with Crippen molar-refractivity contribution >= 4 is 5.95 Å². The lowest BCUT2D eigenvalue weighted by atomic mass is 9.72. The van der Waals surface area contributed by atoms with Gasteiger partial charge in [-0.1, -0.05) is 0 Å². The second-order valence-corrected chi connectivity index (χ2v) is 8.11. The predicted octanol–water partition coefficient (Wildman–Crippen LogP) is 2.10. The monoisotopic (exact) mass is 395 g/mol. The van der Waals surface area contributed by atoms with Crippen LogP contribution in [0.15, 0.2) is 36.8 Å². The van der Waals surface area contributed by atoms with E-state index in [4.69, 9.17) is 0 Å². The SMILES string of the molecule is CN1CCC2(CC1)CN(c1ncc(-c3ccc(-n4cc(F)cn4)cc3O)nn1)C2. The van der Waals surface area contributed by atoms with Gasteiger partial charge in [0.05, 0.1) is 24.3 Å². The number of hydrogen-bond acceptors (Lipinski definition) is 7. The lowest BCUT2D eigenvalue weighted by Gasteiger charge is -2.53. The van der Waals surface area contributed by atoms with Crippen molar-refractivity contribution in [1.82, 2.24) is 29.9 Å². The predicted molar refractivity (Wildman–Crippen MR) is 105 cm³/mol. The maximum absolute atomic E-state index is 13.2. The molecule has 8 nitrogen and oxygen atoms in total. The maximum atomic E-state index is 13.2. The molecule has 4 heterocycles. The number of piperidine rings is 1. The Balaban J connectivity index is 1.30. The molecule has 0 bridgehead atoms. The van der Waals surface area contributed by atoms with Crippen LogP contribution in [0.4, 0.5) is 10.3 Å². The van der Waals surface area contributed by atoms with E-state index in [1.54, 1.807) is 18.3 Å². The Morgan fingerprint density at radius 3 is 2.52 bits per heavy atom. The van der Waals surface area contributed by atoms with Crippen molar-refractivity contribution in [2.24, 2.45) is 5.41 Å². The van der Waals surface area contributed by atoms with Crippen molar-refractivity contribution in [2.45, 2.75) is 12.8 Å². The van der Waals surface area contributed by atoms with Gasteiger partial charge in [-0.15, -0.1) is 10.2 Å². The Labute approximate surface area is 167 Å². The van der Waals surface area contributed by atoms with Crippen LogP contribution >= 0.6 is 0 Å². The Kier molecular flexibility index (Phi) is 4.20. The summed E-state index contributed by atoms with van der Waals surface area (Å²) in [6.07, 6.45) is 6.42. The van der Waals surface area contributed by atoms with Crippen LogP contribution in [0.2, 0.25) is 0 Å². The number of benzene rings is 1. The summed E-state index contributed by atoms with van der Waals surface area (Å²) in [5, 5.41) is 22.8. The van der Waals surface area contributed by atoms with Gasteiger partial charge in [-0.25, -0.2) is 14.1 Å². The average Bonchev–Trinajstić information content (AvgIpc) is 3.14. The largest absolute Gasteiger partial charge is 0.507 e. The molecule has 9 heteroatoms. The fourth-order valence-electron chi connectivity index (χ4n) is 4.17. The quantitative estimate of drug-likeness (QED) is 0.727. The highest BCUT2D eigenvalue weighted by atomic mass is 19.1. The highest BCUT2D eigenvalue weighted by Gasteiger charge is 2.45. The smallest absolute Gasteiger partial charge is 0.245 e. The van der Waals surface area contributed by atoms with Crippen molar-refractivity contribution in [3.05, 3.63) is 42.6 Å². The molecule has 1 aromatic carbocycles. The fraction of sp³-hybridized carbons (Fsp3) is 0.400. The second-order valence-electron chi connectivity index (χ2n) is 8.11. The number of phenols is 1. The first kappa shape index (κ1) is 18.0. The number of phenolic OH excluding ortho intramolecular Hbond substituents is 1. The van der Waals surface area contributed by atoms with Crippen LogP contribution in [-0.4, -0.2) is 68.2 Å². The van der Waals surface area contributed by atoms with E-state index in [9.17, 15) is 9.50 Å². The molecule has 0 amide bonds. The summed E-state index contributed by atoms with van der Waals surface area (Å²) in [4.78, 5) is 9.00. The number of aromatic hydroxyl groups is 1. The first-order valence-electron chi connectivity index (χ1n) is 9.69. The third-order valence-corrected chi connectivity index (χ3v) is 6.01. The van der Waals surface area contributed by atoms with Crippen LogP contribution in [0.3, 0.4) is 0 Å². The normalized spacial score (nSPS) is 18.8. The molecule has 29 heavy (non-hydrogen) atoms. The Hall–Kier alpha value is -3.07. The van der Waals surface area contributed by atoms with Gasteiger partial charge in [-0.3, -0.25) is 0 Å². The molecule has 0 radical (unpaired) electrons.